The molecule has 0 saturated carbocycles. The van der Waals surface area contributed by atoms with Gasteiger partial charge in [-0.2, -0.15) is 0 Å². The first-order valence-electron chi connectivity index (χ1n) is 15.2. The Morgan fingerprint density at radius 3 is 2.12 bits per heavy atom. The number of rotatable bonds is 12. The number of phenolic OH excluding ortho intramolecular Hbond substituents is 1. The molecular weight excluding hydrogens is 644 g/mol. The number of allylic oxidation sites excluding steroid dienone is 1. The summed E-state index contributed by atoms with van der Waals surface area (Å²) in [5, 5.41) is 80.8. The van der Waals surface area contributed by atoms with Gasteiger partial charge in [-0.15, -0.1) is 0 Å². The van der Waals surface area contributed by atoms with Crippen LogP contribution in [0.15, 0.2) is 47.7 Å². The maximum absolute atomic E-state index is 13.1. The van der Waals surface area contributed by atoms with E-state index in [9.17, 15) is 50.4 Å². The highest BCUT2D eigenvalue weighted by Crippen LogP contribution is 2.36. The lowest BCUT2D eigenvalue weighted by atomic mass is 9.86. The molecule has 1 aromatic rings. The Labute approximate surface area is 275 Å². The van der Waals surface area contributed by atoms with E-state index in [2.05, 4.69) is 0 Å². The van der Waals surface area contributed by atoms with Crippen LogP contribution < -0.4 is 0 Å². The molecule has 0 radical (unpaired) electrons. The predicted octanol–water partition coefficient (Wildman–Crippen LogP) is -2.52. The third-order valence-electron chi connectivity index (χ3n) is 8.29. The van der Waals surface area contributed by atoms with E-state index in [0.29, 0.717) is 6.42 Å². The molecule has 3 heterocycles. The quantitative estimate of drug-likeness (QED) is 0.0834. The van der Waals surface area contributed by atoms with Gasteiger partial charge >= 0.3 is 11.9 Å². The van der Waals surface area contributed by atoms with Crippen LogP contribution in [-0.4, -0.2) is 147 Å². The molecule has 0 aromatic heterocycles. The number of ether oxygens (including phenoxy) is 7. The molecule has 0 spiro atoms. The van der Waals surface area contributed by atoms with Gasteiger partial charge in [-0.25, -0.2) is 4.79 Å². The van der Waals surface area contributed by atoms with E-state index in [4.69, 9.17) is 33.2 Å². The van der Waals surface area contributed by atoms with Crippen LogP contribution in [0.25, 0.3) is 0 Å². The molecule has 48 heavy (non-hydrogen) atoms. The predicted molar refractivity (Wildman–Crippen MR) is 157 cm³/mol. The molecule has 0 amide bonds. The van der Waals surface area contributed by atoms with Crippen LogP contribution in [0.3, 0.4) is 0 Å². The van der Waals surface area contributed by atoms with Crippen molar-refractivity contribution in [2.75, 3.05) is 26.9 Å². The Morgan fingerprint density at radius 2 is 1.50 bits per heavy atom. The third-order valence-corrected chi connectivity index (χ3v) is 8.29. The number of carbonyl (C=O) groups is 2. The monoisotopic (exact) mass is 686 g/mol. The summed E-state index contributed by atoms with van der Waals surface area (Å²) in [5.74, 6) is -2.69. The minimum Gasteiger partial charge on any atom is -0.508 e. The summed E-state index contributed by atoms with van der Waals surface area (Å²) in [5.41, 5.74) is 0.922. The van der Waals surface area contributed by atoms with Gasteiger partial charge in [0.05, 0.1) is 38.6 Å². The molecule has 1 aromatic carbocycles. The van der Waals surface area contributed by atoms with E-state index in [0.717, 1.165) is 18.9 Å². The van der Waals surface area contributed by atoms with Gasteiger partial charge in [0.15, 0.2) is 12.6 Å². The van der Waals surface area contributed by atoms with Crippen molar-refractivity contribution in [3.63, 3.8) is 0 Å². The number of hydrogen-bond donors (Lipinski definition) is 8. The van der Waals surface area contributed by atoms with Crippen molar-refractivity contribution < 1.29 is 83.6 Å². The second-order valence-corrected chi connectivity index (χ2v) is 11.4. The van der Waals surface area contributed by atoms with Crippen LogP contribution >= 0.6 is 0 Å². The van der Waals surface area contributed by atoms with Crippen molar-refractivity contribution in [3.05, 3.63) is 53.3 Å². The van der Waals surface area contributed by atoms with Gasteiger partial charge in [0.2, 0.25) is 6.29 Å². The first-order chi connectivity index (χ1) is 22.9. The molecule has 3 aliphatic heterocycles. The van der Waals surface area contributed by atoms with Crippen LogP contribution in [0, 0.1) is 5.92 Å². The van der Waals surface area contributed by atoms with Gasteiger partial charge in [-0.05, 0) is 31.0 Å². The van der Waals surface area contributed by atoms with Crippen molar-refractivity contribution in [1.82, 2.24) is 0 Å². The van der Waals surface area contributed by atoms with Crippen LogP contribution in [0.5, 0.6) is 5.75 Å². The molecule has 0 bridgehead atoms. The van der Waals surface area contributed by atoms with Crippen molar-refractivity contribution in [1.29, 1.82) is 0 Å². The molecular formula is C31H42O17. The number of aromatic hydroxyl groups is 1. The summed E-state index contributed by atoms with van der Waals surface area (Å²) in [6.07, 6.45) is -14.6. The van der Waals surface area contributed by atoms with E-state index in [-0.39, 0.29) is 23.5 Å². The first kappa shape index (κ1) is 37.6. The third kappa shape index (κ3) is 8.68. The number of methoxy groups -OCH3 is 1. The maximum atomic E-state index is 13.1. The Bertz CT molecular complexity index is 1280. The highest BCUT2D eigenvalue weighted by Gasteiger charge is 2.48. The fourth-order valence-electron chi connectivity index (χ4n) is 5.47. The average molecular weight is 687 g/mol. The average Bonchev–Trinajstić information content (AvgIpc) is 3.08. The van der Waals surface area contributed by atoms with E-state index in [1.807, 2.05) is 0 Å². The van der Waals surface area contributed by atoms with E-state index in [1.54, 1.807) is 19.1 Å². The molecule has 2 saturated heterocycles. The number of aliphatic hydroxyl groups excluding tert-OH is 7. The smallest absolute Gasteiger partial charge is 0.337 e. The van der Waals surface area contributed by atoms with Crippen molar-refractivity contribution >= 4 is 11.9 Å². The highest BCUT2D eigenvalue weighted by atomic mass is 16.8. The van der Waals surface area contributed by atoms with Crippen LogP contribution in [0.1, 0.15) is 18.9 Å². The van der Waals surface area contributed by atoms with E-state index in [1.165, 1.54) is 18.2 Å². The second-order valence-electron chi connectivity index (χ2n) is 11.4. The SMILES string of the molecule is C/C=C1/[C@H](O[C@@H]2O[C@H](CO)[C@@H](O)[C@H](O)[C@H]2O)OC=C(C(=O)OC)[C@H]1CC(=O)OC[C@H]1O[C@@H](OCCc2ccc(O)cc2)[C@H](O)[C@@H](O)[C@@H]1O. The second kappa shape index (κ2) is 17.0. The Balaban J connectivity index is 1.39. The number of benzene rings is 1. The summed E-state index contributed by atoms with van der Waals surface area (Å²) in [6, 6.07) is 6.37. The summed E-state index contributed by atoms with van der Waals surface area (Å²) in [7, 11) is 1.12. The van der Waals surface area contributed by atoms with E-state index >= 15 is 0 Å². The summed E-state index contributed by atoms with van der Waals surface area (Å²) in [6.45, 7) is 0.335. The van der Waals surface area contributed by atoms with Gasteiger partial charge in [-0.3, -0.25) is 4.79 Å². The minimum absolute atomic E-state index is 0.0483. The van der Waals surface area contributed by atoms with Crippen LogP contribution in [0.4, 0.5) is 0 Å². The number of phenols is 1. The van der Waals surface area contributed by atoms with Gasteiger partial charge in [0.25, 0.3) is 0 Å². The van der Waals surface area contributed by atoms with Gasteiger partial charge < -0.3 is 74.0 Å². The van der Waals surface area contributed by atoms with Crippen LogP contribution in [-0.2, 0) is 49.2 Å². The molecule has 0 unspecified atom stereocenters. The minimum atomic E-state index is -1.75. The van der Waals surface area contributed by atoms with Gasteiger partial charge in [-0.1, -0.05) is 18.2 Å². The summed E-state index contributed by atoms with van der Waals surface area (Å²) in [4.78, 5) is 25.7. The molecule has 17 nitrogen and oxygen atoms in total. The Hall–Kier alpha value is -3.20. The highest BCUT2D eigenvalue weighted by molar-refractivity contribution is 5.90. The van der Waals surface area contributed by atoms with E-state index < -0.39 is 105 Å². The number of esters is 2. The fraction of sp³-hybridized carbons (Fsp3) is 0.613. The zero-order valence-electron chi connectivity index (χ0n) is 26.2. The lowest BCUT2D eigenvalue weighted by Crippen LogP contribution is -2.60. The molecule has 3 aliphatic rings. The Morgan fingerprint density at radius 1 is 0.875 bits per heavy atom. The van der Waals surface area contributed by atoms with Crippen molar-refractivity contribution in [2.45, 2.75) is 87.5 Å². The Kier molecular flexibility index (Phi) is 13.3. The molecule has 2 fully saturated rings. The summed E-state index contributed by atoms with van der Waals surface area (Å²) >= 11 is 0. The maximum Gasteiger partial charge on any atom is 0.337 e. The number of hydrogen-bond acceptors (Lipinski definition) is 17. The van der Waals surface area contributed by atoms with Crippen LogP contribution in [0.2, 0.25) is 0 Å². The lowest BCUT2D eigenvalue weighted by molar-refractivity contribution is -0.327. The largest absolute Gasteiger partial charge is 0.508 e. The van der Waals surface area contributed by atoms with Gasteiger partial charge in [0.1, 0.15) is 61.2 Å². The molecule has 8 N–H and O–H groups in total. The zero-order valence-corrected chi connectivity index (χ0v) is 26.2. The van der Waals surface area contributed by atoms with Gasteiger partial charge in [0, 0.05) is 11.5 Å². The van der Waals surface area contributed by atoms with Crippen molar-refractivity contribution in [2.24, 2.45) is 5.92 Å². The molecule has 268 valence electrons. The summed E-state index contributed by atoms with van der Waals surface area (Å²) < 4.78 is 38.0. The molecule has 12 atom stereocenters. The number of aliphatic hydroxyl groups is 7. The molecule has 0 aliphatic carbocycles. The van der Waals surface area contributed by atoms with Crippen molar-refractivity contribution in [3.8, 4) is 5.75 Å². The lowest BCUT2D eigenvalue weighted by Gasteiger charge is -2.42. The molecule has 17 heteroatoms. The molecule has 4 rings (SSSR count). The fourth-order valence-corrected chi connectivity index (χ4v) is 5.47. The standard InChI is InChI=1S/C31H42O17/c1-3-16-17(18(28(41)42-2)12-45-29(16)48-31-27(40)24(37)22(35)19(11-32)46-31)10-21(34)44-13-20-23(36)25(38)26(39)30(47-20)43-9-8-14-4-6-15(33)7-5-14/h3-7,12,17,19-20,22-27,29-33,35-40H,8-11,13H2,1-2H3/b16-3+/t17-,19+,20+,22+,23+,24-,25-,26+,27+,29-,30+,31-/m0/s1. The first-order valence-corrected chi connectivity index (χ1v) is 15.2. The normalized spacial score (nSPS) is 36.2. The zero-order chi connectivity index (χ0) is 35.1. The number of carbonyl (C=O) groups excluding carboxylic acids is 2. The topological polar surface area (TPSA) is 261 Å².